The van der Waals surface area contributed by atoms with Gasteiger partial charge in [-0.15, -0.1) is 0 Å². The zero-order chi connectivity index (χ0) is 10.4. The largest absolute Gasteiger partial charge is 0.497 e. The number of hydrogen-bond donors (Lipinski definition) is 1. The van der Waals surface area contributed by atoms with E-state index in [9.17, 15) is 4.79 Å². The first-order valence-electron chi connectivity index (χ1n) is 4.25. The van der Waals surface area contributed by atoms with Crippen LogP contribution in [0.25, 0.3) is 6.08 Å². The molecule has 74 valence electrons. The molecule has 0 bridgehead atoms. The number of carboxylic acid groups (broad SMARTS) is 1. The van der Waals surface area contributed by atoms with Crippen LogP contribution in [0.5, 0.6) is 5.75 Å². The number of carboxylic acids is 1. The first kappa shape index (κ1) is 10.3. The lowest BCUT2D eigenvalue weighted by atomic mass is 10.2. The minimum atomic E-state index is -0.824. The minimum Gasteiger partial charge on any atom is -0.497 e. The molecule has 0 saturated heterocycles. The van der Waals surface area contributed by atoms with Gasteiger partial charge in [-0.2, -0.15) is 0 Å². The molecule has 0 aromatic heterocycles. The summed E-state index contributed by atoms with van der Waals surface area (Å²) in [7, 11) is 1.61. The van der Waals surface area contributed by atoms with E-state index in [1.54, 1.807) is 19.3 Å². The molecule has 0 aliphatic heterocycles. The molecule has 0 heterocycles. The Balaban J connectivity index is 2.59. The van der Waals surface area contributed by atoms with Crippen molar-refractivity contribution in [3.8, 4) is 5.75 Å². The van der Waals surface area contributed by atoms with Crippen LogP contribution in [-0.4, -0.2) is 18.2 Å². The minimum absolute atomic E-state index is 0.0476. The van der Waals surface area contributed by atoms with E-state index >= 15 is 0 Å². The van der Waals surface area contributed by atoms with E-state index in [1.807, 2.05) is 24.3 Å². The summed E-state index contributed by atoms with van der Waals surface area (Å²) < 4.78 is 4.99. The number of aliphatic carboxylic acids is 1. The number of carbonyl (C=O) groups is 1. The Morgan fingerprint density at radius 1 is 1.43 bits per heavy atom. The van der Waals surface area contributed by atoms with E-state index in [1.165, 1.54) is 0 Å². The fourth-order valence-corrected chi connectivity index (χ4v) is 1.01. The van der Waals surface area contributed by atoms with Crippen molar-refractivity contribution in [1.82, 2.24) is 0 Å². The SMILES string of the molecule is COc1ccc(/C=C/CC(=O)O)cc1. The fourth-order valence-electron chi connectivity index (χ4n) is 1.01. The first-order chi connectivity index (χ1) is 6.72. The predicted octanol–water partition coefficient (Wildman–Crippen LogP) is 2.18. The van der Waals surface area contributed by atoms with Crippen LogP contribution in [0, 0.1) is 0 Å². The van der Waals surface area contributed by atoms with E-state index in [0.29, 0.717) is 0 Å². The van der Waals surface area contributed by atoms with Gasteiger partial charge < -0.3 is 9.84 Å². The monoisotopic (exact) mass is 192 g/mol. The van der Waals surface area contributed by atoms with Crippen LogP contribution < -0.4 is 4.74 Å². The maximum absolute atomic E-state index is 10.2. The van der Waals surface area contributed by atoms with Crippen molar-refractivity contribution < 1.29 is 14.6 Å². The molecular formula is C11H12O3. The normalized spacial score (nSPS) is 10.4. The second-order valence-corrected chi connectivity index (χ2v) is 2.77. The molecule has 0 spiro atoms. The number of methoxy groups -OCH3 is 1. The highest BCUT2D eigenvalue weighted by Gasteiger charge is 1.91. The Kier molecular flexibility index (Phi) is 3.73. The Morgan fingerprint density at radius 2 is 2.07 bits per heavy atom. The molecule has 0 fully saturated rings. The Hall–Kier alpha value is -1.77. The fraction of sp³-hybridized carbons (Fsp3) is 0.182. The van der Waals surface area contributed by atoms with Gasteiger partial charge in [0.15, 0.2) is 0 Å². The topological polar surface area (TPSA) is 46.5 Å². The molecule has 0 radical (unpaired) electrons. The van der Waals surface area contributed by atoms with Crippen LogP contribution in [0.15, 0.2) is 30.3 Å². The zero-order valence-corrected chi connectivity index (χ0v) is 7.93. The highest BCUT2D eigenvalue weighted by Crippen LogP contribution is 2.12. The van der Waals surface area contributed by atoms with Crippen molar-refractivity contribution >= 4 is 12.0 Å². The third kappa shape index (κ3) is 3.31. The van der Waals surface area contributed by atoms with Crippen LogP contribution >= 0.6 is 0 Å². The van der Waals surface area contributed by atoms with Crippen LogP contribution in [0.2, 0.25) is 0 Å². The molecule has 0 atom stereocenters. The van der Waals surface area contributed by atoms with Gasteiger partial charge in [0.25, 0.3) is 0 Å². The van der Waals surface area contributed by atoms with Gasteiger partial charge in [-0.1, -0.05) is 24.3 Å². The smallest absolute Gasteiger partial charge is 0.307 e. The lowest BCUT2D eigenvalue weighted by Crippen LogP contribution is -1.89. The Labute approximate surface area is 82.6 Å². The molecule has 1 N–H and O–H groups in total. The van der Waals surface area contributed by atoms with Gasteiger partial charge in [-0.25, -0.2) is 0 Å². The molecule has 3 nitrogen and oxygen atoms in total. The lowest BCUT2D eigenvalue weighted by Gasteiger charge is -1.98. The second kappa shape index (κ2) is 5.07. The van der Waals surface area contributed by atoms with E-state index in [0.717, 1.165) is 11.3 Å². The Bertz CT molecular complexity index is 325. The highest BCUT2D eigenvalue weighted by molar-refractivity contribution is 5.70. The molecule has 14 heavy (non-hydrogen) atoms. The summed E-state index contributed by atoms with van der Waals surface area (Å²) >= 11 is 0. The molecule has 0 aliphatic rings. The van der Waals surface area contributed by atoms with Gasteiger partial charge >= 0.3 is 5.97 Å². The van der Waals surface area contributed by atoms with Crippen LogP contribution in [0.3, 0.4) is 0 Å². The number of rotatable bonds is 4. The molecule has 0 amide bonds. The summed E-state index contributed by atoms with van der Waals surface area (Å²) in [5.74, 6) is -0.0323. The van der Waals surface area contributed by atoms with E-state index in [4.69, 9.17) is 9.84 Å². The maximum atomic E-state index is 10.2. The molecular weight excluding hydrogens is 180 g/mol. The standard InChI is InChI=1S/C11H12O3/c1-14-10-7-5-9(6-8-10)3-2-4-11(12)13/h2-3,5-8H,4H2,1H3,(H,12,13)/b3-2+. The van der Waals surface area contributed by atoms with Crippen molar-refractivity contribution in [2.45, 2.75) is 6.42 Å². The van der Waals surface area contributed by atoms with Crippen LogP contribution in [0.1, 0.15) is 12.0 Å². The summed E-state index contributed by atoms with van der Waals surface area (Å²) in [5, 5.41) is 8.40. The summed E-state index contributed by atoms with van der Waals surface area (Å²) in [4.78, 5) is 10.2. The molecule has 0 saturated carbocycles. The van der Waals surface area contributed by atoms with Gasteiger partial charge in [0.2, 0.25) is 0 Å². The summed E-state index contributed by atoms with van der Waals surface area (Å²) in [6, 6.07) is 7.41. The lowest BCUT2D eigenvalue weighted by molar-refractivity contribution is -0.135. The third-order valence-electron chi connectivity index (χ3n) is 1.72. The number of ether oxygens (including phenoxy) is 1. The summed E-state index contributed by atoms with van der Waals surface area (Å²) in [6.07, 6.45) is 3.43. The zero-order valence-electron chi connectivity index (χ0n) is 7.93. The molecule has 1 rings (SSSR count). The van der Waals surface area contributed by atoms with E-state index in [2.05, 4.69) is 0 Å². The quantitative estimate of drug-likeness (QED) is 0.795. The second-order valence-electron chi connectivity index (χ2n) is 2.77. The molecule has 0 aliphatic carbocycles. The van der Waals surface area contributed by atoms with Gasteiger partial charge in [0.1, 0.15) is 5.75 Å². The number of hydrogen-bond acceptors (Lipinski definition) is 2. The van der Waals surface area contributed by atoms with Crippen LogP contribution in [-0.2, 0) is 4.79 Å². The van der Waals surface area contributed by atoms with E-state index in [-0.39, 0.29) is 6.42 Å². The Morgan fingerprint density at radius 3 is 2.57 bits per heavy atom. The molecule has 3 heteroatoms. The van der Waals surface area contributed by atoms with Crippen LogP contribution in [0.4, 0.5) is 0 Å². The van der Waals surface area contributed by atoms with Crippen molar-refractivity contribution in [1.29, 1.82) is 0 Å². The summed E-state index contributed by atoms with van der Waals surface area (Å²) in [5.41, 5.74) is 0.965. The first-order valence-corrected chi connectivity index (χ1v) is 4.25. The molecule has 0 unspecified atom stereocenters. The summed E-state index contributed by atoms with van der Waals surface area (Å²) in [6.45, 7) is 0. The average Bonchev–Trinajstić information content (AvgIpc) is 2.18. The van der Waals surface area contributed by atoms with E-state index < -0.39 is 5.97 Å². The van der Waals surface area contributed by atoms with Gasteiger partial charge in [-0.3, -0.25) is 4.79 Å². The number of benzene rings is 1. The van der Waals surface area contributed by atoms with Gasteiger partial charge in [0.05, 0.1) is 13.5 Å². The third-order valence-corrected chi connectivity index (χ3v) is 1.72. The van der Waals surface area contributed by atoms with Crippen molar-refractivity contribution in [2.24, 2.45) is 0 Å². The van der Waals surface area contributed by atoms with Crippen molar-refractivity contribution in [2.75, 3.05) is 7.11 Å². The van der Waals surface area contributed by atoms with Crippen molar-refractivity contribution in [3.63, 3.8) is 0 Å². The van der Waals surface area contributed by atoms with Gasteiger partial charge in [-0.05, 0) is 17.7 Å². The molecule has 1 aromatic carbocycles. The average molecular weight is 192 g/mol. The predicted molar refractivity (Wildman–Crippen MR) is 54.3 cm³/mol. The van der Waals surface area contributed by atoms with Gasteiger partial charge in [0, 0.05) is 0 Å². The molecule has 1 aromatic rings. The highest BCUT2D eigenvalue weighted by atomic mass is 16.5. The maximum Gasteiger partial charge on any atom is 0.307 e. The van der Waals surface area contributed by atoms with Crippen molar-refractivity contribution in [3.05, 3.63) is 35.9 Å².